The molecule has 1 heterocycles. The van der Waals surface area contributed by atoms with Crippen molar-refractivity contribution in [1.29, 1.82) is 0 Å². The van der Waals surface area contributed by atoms with Gasteiger partial charge in [-0.1, -0.05) is 72.3 Å². The Labute approximate surface area is 171 Å². The van der Waals surface area contributed by atoms with E-state index in [9.17, 15) is 19.1 Å². The third kappa shape index (κ3) is 3.30. The average molecular weight is 408 g/mol. The number of aliphatic hydroxyl groups is 1. The van der Waals surface area contributed by atoms with Crippen LogP contribution in [-0.4, -0.2) is 16.8 Å². The zero-order valence-corrected chi connectivity index (χ0v) is 15.8. The summed E-state index contributed by atoms with van der Waals surface area (Å²) in [4.78, 5) is 27.1. The maximum absolute atomic E-state index is 13.7. The summed E-state index contributed by atoms with van der Waals surface area (Å²) in [6.07, 6.45) is 0. The van der Waals surface area contributed by atoms with Crippen LogP contribution in [0.15, 0.2) is 84.4 Å². The van der Waals surface area contributed by atoms with E-state index in [-0.39, 0.29) is 22.0 Å². The topological polar surface area (TPSA) is 57.6 Å². The van der Waals surface area contributed by atoms with Gasteiger partial charge in [0.05, 0.1) is 16.6 Å². The number of hydrogen-bond acceptors (Lipinski definition) is 3. The summed E-state index contributed by atoms with van der Waals surface area (Å²) in [7, 11) is 0. The molecule has 0 spiro atoms. The van der Waals surface area contributed by atoms with Gasteiger partial charge in [-0.2, -0.15) is 0 Å². The highest BCUT2D eigenvalue weighted by Crippen LogP contribution is 2.42. The van der Waals surface area contributed by atoms with E-state index in [1.54, 1.807) is 54.6 Å². The van der Waals surface area contributed by atoms with Crippen LogP contribution in [0.5, 0.6) is 0 Å². The number of aliphatic hydroxyl groups excluding tert-OH is 1. The van der Waals surface area contributed by atoms with Gasteiger partial charge < -0.3 is 5.11 Å². The molecule has 0 bridgehead atoms. The Morgan fingerprint density at radius 3 is 2.17 bits per heavy atom. The van der Waals surface area contributed by atoms with Crippen LogP contribution in [0.1, 0.15) is 17.2 Å². The summed E-state index contributed by atoms with van der Waals surface area (Å²) < 4.78 is 13.7. The number of amides is 1. The molecule has 4 rings (SSSR count). The molecule has 4 nitrogen and oxygen atoms in total. The summed E-state index contributed by atoms with van der Waals surface area (Å²) in [6.45, 7) is 0. The van der Waals surface area contributed by atoms with E-state index in [0.717, 1.165) is 6.07 Å². The molecular weight excluding hydrogens is 393 g/mol. The van der Waals surface area contributed by atoms with Gasteiger partial charge in [0.2, 0.25) is 0 Å². The summed E-state index contributed by atoms with van der Waals surface area (Å²) in [5, 5.41) is 10.7. The molecule has 1 atom stereocenters. The first-order chi connectivity index (χ1) is 14.0. The van der Waals surface area contributed by atoms with E-state index in [0.29, 0.717) is 11.1 Å². The van der Waals surface area contributed by atoms with E-state index in [2.05, 4.69) is 0 Å². The van der Waals surface area contributed by atoms with Gasteiger partial charge in [0.15, 0.2) is 0 Å². The van der Waals surface area contributed by atoms with Gasteiger partial charge in [-0.3, -0.25) is 14.5 Å². The van der Waals surface area contributed by atoms with Crippen LogP contribution in [-0.2, 0) is 9.59 Å². The van der Waals surface area contributed by atoms with Crippen LogP contribution in [0, 0.1) is 5.82 Å². The Balaban J connectivity index is 1.95. The average Bonchev–Trinajstić information content (AvgIpc) is 3.02. The van der Waals surface area contributed by atoms with Gasteiger partial charge in [0.25, 0.3) is 11.7 Å². The van der Waals surface area contributed by atoms with Crippen molar-refractivity contribution in [3.63, 3.8) is 0 Å². The highest BCUT2D eigenvalue weighted by atomic mass is 35.5. The highest BCUT2D eigenvalue weighted by Gasteiger charge is 2.47. The Kier molecular flexibility index (Phi) is 4.91. The molecule has 1 fully saturated rings. The Bertz CT molecular complexity index is 1130. The zero-order valence-electron chi connectivity index (χ0n) is 15.0. The second kappa shape index (κ2) is 7.53. The molecule has 6 heteroatoms. The smallest absolute Gasteiger partial charge is 0.300 e. The summed E-state index contributed by atoms with van der Waals surface area (Å²) in [5.41, 5.74) is 1.28. The molecule has 3 aromatic carbocycles. The van der Waals surface area contributed by atoms with E-state index in [4.69, 9.17) is 11.6 Å². The lowest BCUT2D eigenvalue weighted by atomic mass is 9.95. The quantitative estimate of drug-likeness (QED) is 0.373. The van der Waals surface area contributed by atoms with Crippen molar-refractivity contribution < 1.29 is 19.1 Å². The van der Waals surface area contributed by atoms with Crippen LogP contribution in [0.25, 0.3) is 5.76 Å². The fourth-order valence-electron chi connectivity index (χ4n) is 3.44. The van der Waals surface area contributed by atoms with Gasteiger partial charge in [0, 0.05) is 11.3 Å². The lowest BCUT2D eigenvalue weighted by molar-refractivity contribution is -0.132. The lowest BCUT2D eigenvalue weighted by Gasteiger charge is -2.25. The number of hydrogen-bond donors (Lipinski definition) is 1. The standard InChI is InChI=1S/C23H15ClFNO3/c24-17-13-16(11-12-18(17)25)26-20(14-7-3-1-4-8-14)19(22(28)23(26)29)21(27)15-9-5-2-6-10-15/h1-13,20,27H/b21-19+. The van der Waals surface area contributed by atoms with Gasteiger partial charge in [-0.25, -0.2) is 4.39 Å². The van der Waals surface area contributed by atoms with Crippen LogP contribution in [0.2, 0.25) is 5.02 Å². The predicted molar refractivity (Wildman–Crippen MR) is 109 cm³/mol. The predicted octanol–water partition coefficient (Wildman–Crippen LogP) is 5.11. The number of Topliss-reactive ketones (excluding diaryl/α,β-unsaturated/α-hetero) is 1. The number of benzene rings is 3. The summed E-state index contributed by atoms with van der Waals surface area (Å²) in [6, 6.07) is 20.3. The zero-order chi connectivity index (χ0) is 20.5. The lowest BCUT2D eigenvalue weighted by Crippen LogP contribution is -2.29. The minimum Gasteiger partial charge on any atom is -0.507 e. The normalized spacial score (nSPS) is 18.3. The van der Waals surface area contributed by atoms with Crippen molar-refractivity contribution in [1.82, 2.24) is 0 Å². The maximum atomic E-state index is 13.7. The van der Waals surface area contributed by atoms with Gasteiger partial charge in [0.1, 0.15) is 11.6 Å². The second-order valence-electron chi connectivity index (χ2n) is 6.54. The summed E-state index contributed by atoms with van der Waals surface area (Å²) in [5.74, 6) is -2.54. The molecule has 29 heavy (non-hydrogen) atoms. The molecule has 1 N–H and O–H groups in total. The number of carbonyl (C=O) groups is 2. The Morgan fingerprint density at radius 1 is 0.931 bits per heavy atom. The van der Waals surface area contributed by atoms with Crippen molar-refractivity contribution in [3.05, 3.63) is 106 Å². The molecule has 144 valence electrons. The van der Waals surface area contributed by atoms with Crippen molar-refractivity contribution in [3.8, 4) is 0 Å². The van der Waals surface area contributed by atoms with Crippen LogP contribution in [0.3, 0.4) is 0 Å². The minimum atomic E-state index is -0.877. The van der Waals surface area contributed by atoms with Crippen LogP contribution in [0.4, 0.5) is 10.1 Å². The third-order valence-corrected chi connectivity index (χ3v) is 5.08. The van der Waals surface area contributed by atoms with E-state index < -0.39 is 23.5 Å². The minimum absolute atomic E-state index is 0.0344. The van der Waals surface area contributed by atoms with E-state index in [1.807, 2.05) is 6.07 Å². The molecule has 1 aliphatic rings. The first-order valence-corrected chi connectivity index (χ1v) is 9.23. The van der Waals surface area contributed by atoms with Crippen LogP contribution < -0.4 is 4.90 Å². The van der Waals surface area contributed by atoms with Gasteiger partial charge in [-0.05, 0) is 23.8 Å². The van der Waals surface area contributed by atoms with Crippen molar-refractivity contribution in [2.24, 2.45) is 0 Å². The van der Waals surface area contributed by atoms with Crippen molar-refractivity contribution >= 4 is 34.7 Å². The molecule has 0 aromatic heterocycles. The fourth-order valence-corrected chi connectivity index (χ4v) is 3.61. The van der Waals surface area contributed by atoms with Gasteiger partial charge >= 0.3 is 0 Å². The Hall–Kier alpha value is -3.44. The molecule has 3 aromatic rings. The first-order valence-electron chi connectivity index (χ1n) is 8.85. The first kappa shape index (κ1) is 18.9. The number of rotatable bonds is 3. The fraction of sp³-hybridized carbons (Fsp3) is 0.0435. The third-order valence-electron chi connectivity index (χ3n) is 4.79. The van der Waals surface area contributed by atoms with Crippen molar-refractivity contribution in [2.45, 2.75) is 6.04 Å². The largest absolute Gasteiger partial charge is 0.507 e. The number of carbonyl (C=O) groups excluding carboxylic acids is 2. The summed E-state index contributed by atoms with van der Waals surface area (Å²) >= 11 is 5.91. The SMILES string of the molecule is O=C1C(=O)N(c2ccc(F)c(Cl)c2)C(c2ccccc2)/C1=C(\O)c1ccccc1. The maximum Gasteiger partial charge on any atom is 0.300 e. The monoisotopic (exact) mass is 407 g/mol. The molecule has 0 radical (unpaired) electrons. The molecule has 1 unspecified atom stereocenters. The molecule has 1 amide bonds. The second-order valence-corrected chi connectivity index (χ2v) is 6.95. The molecule has 1 saturated heterocycles. The molecule has 1 aliphatic heterocycles. The van der Waals surface area contributed by atoms with E-state index >= 15 is 0 Å². The highest BCUT2D eigenvalue weighted by molar-refractivity contribution is 6.51. The Morgan fingerprint density at radius 2 is 1.55 bits per heavy atom. The van der Waals surface area contributed by atoms with E-state index in [1.165, 1.54) is 17.0 Å². The molecular formula is C23H15ClFNO3. The number of nitrogens with zero attached hydrogens (tertiary/aromatic N) is 1. The van der Waals surface area contributed by atoms with Crippen molar-refractivity contribution in [2.75, 3.05) is 4.90 Å². The molecule has 0 aliphatic carbocycles. The van der Waals surface area contributed by atoms with Gasteiger partial charge in [-0.15, -0.1) is 0 Å². The number of ketones is 1. The number of halogens is 2. The number of anilines is 1. The molecule has 0 saturated carbocycles. The van der Waals surface area contributed by atoms with Crippen LogP contribution >= 0.6 is 11.6 Å².